The number of benzene rings is 1. The summed E-state index contributed by atoms with van der Waals surface area (Å²) in [5, 5.41) is 9.01. The van der Waals surface area contributed by atoms with E-state index < -0.39 is 5.97 Å². The topological polar surface area (TPSA) is 57.6 Å². The quantitative estimate of drug-likeness (QED) is 0.841. The van der Waals surface area contributed by atoms with Gasteiger partial charge in [0, 0.05) is 19.0 Å². The van der Waals surface area contributed by atoms with Gasteiger partial charge in [-0.3, -0.25) is 4.79 Å². The number of amides is 1. The van der Waals surface area contributed by atoms with Gasteiger partial charge in [0.05, 0.1) is 5.56 Å². The van der Waals surface area contributed by atoms with E-state index in [0.29, 0.717) is 18.7 Å². The molecule has 2 aliphatic rings. The zero-order valence-corrected chi connectivity index (χ0v) is 11.2. The molecule has 1 heterocycles. The third-order valence-corrected chi connectivity index (χ3v) is 4.11. The number of aromatic carboxylic acids is 1. The number of carbonyl (C=O) groups excluding carboxylic acids is 1. The highest BCUT2D eigenvalue weighted by Crippen LogP contribution is 2.28. The number of fused-ring (bicyclic) bond motifs is 1. The molecule has 1 aromatic rings. The molecule has 4 heteroatoms. The fourth-order valence-electron chi connectivity index (χ4n) is 2.96. The molecule has 0 bridgehead atoms. The number of rotatable bonds is 2. The van der Waals surface area contributed by atoms with Crippen molar-refractivity contribution >= 4 is 11.9 Å². The van der Waals surface area contributed by atoms with Crippen molar-refractivity contribution in [1.82, 2.24) is 4.90 Å². The van der Waals surface area contributed by atoms with Gasteiger partial charge in [-0.15, -0.1) is 0 Å². The first-order chi connectivity index (χ1) is 9.65. The molecule has 0 aromatic heterocycles. The van der Waals surface area contributed by atoms with Crippen molar-refractivity contribution < 1.29 is 14.7 Å². The molecule has 0 saturated heterocycles. The number of carboxylic acids is 1. The van der Waals surface area contributed by atoms with Gasteiger partial charge in [0.25, 0.3) is 0 Å². The zero-order chi connectivity index (χ0) is 14.1. The number of carbonyl (C=O) groups is 2. The predicted octanol–water partition coefficient (Wildman–Crippen LogP) is 2.58. The second kappa shape index (κ2) is 5.12. The predicted molar refractivity (Wildman–Crippen MR) is 74.1 cm³/mol. The van der Waals surface area contributed by atoms with Crippen LogP contribution in [0.25, 0.3) is 0 Å². The Labute approximate surface area is 117 Å². The fourth-order valence-corrected chi connectivity index (χ4v) is 2.96. The molecule has 1 atom stereocenters. The van der Waals surface area contributed by atoms with Crippen LogP contribution in [0.15, 0.2) is 30.4 Å². The van der Waals surface area contributed by atoms with Gasteiger partial charge in [0.15, 0.2) is 0 Å². The molecule has 4 nitrogen and oxygen atoms in total. The molecule has 104 valence electrons. The molecule has 1 aliphatic carbocycles. The van der Waals surface area contributed by atoms with E-state index in [1.165, 1.54) is 0 Å². The van der Waals surface area contributed by atoms with Gasteiger partial charge in [-0.05, 0) is 42.5 Å². The maximum Gasteiger partial charge on any atom is 0.335 e. The van der Waals surface area contributed by atoms with Crippen LogP contribution >= 0.6 is 0 Å². The van der Waals surface area contributed by atoms with Crippen LogP contribution in [-0.4, -0.2) is 21.9 Å². The normalized spacial score (nSPS) is 20.8. The van der Waals surface area contributed by atoms with Crippen LogP contribution in [0.3, 0.4) is 0 Å². The van der Waals surface area contributed by atoms with Gasteiger partial charge in [-0.1, -0.05) is 18.2 Å². The highest BCUT2D eigenvalue weighted by atomic mass is 16.4. The Bertz CT molecular complexity index is 591. The first-order valence-corrected chi connectivity index (χ1v) is 6.94. The SMILES string of the molecule is O=C(O)c1ccc2c(c1)CN(C(=O)C1CC=CCC1)C2. The van der Waals surface area contributed by atoms with E-state index in [4.69, 9.17) is 5.11 Å². The van der Waals surface area contributed by atoms with Crippen LogP contribution in [0.5, 0.6) is 0 Å². The first kappa shape index (κ1) is 12.9. The minimum atomic E-state index is -0.921. The Morgan fingerprint density at radius 1 is 1.15 bits per heavy atom. The molecule has 20 heavy (non-hydrogen) atoms. The smallest absolute Gasteiger partial charge is 0.335 e. The van der Waals surface area contributed by atoms with E-state index in [1.54, 1.807) is 12.1 Å². The van der Waals surface area contributed by atoms with Crippen molar-refractivity contribution in [3.05, 3.63) is 47.0 Å². The van der Waals surface area contributed by atoms with Crippen molar-refractivity contribution in [2.24, 2.45) is 5.92 Å². The summed E-state index contributed by atoms with van der Waals surface area (Å²) in [6, 6.07) is 5.12. The molecular formula is C16H17NO3. The summed E-state index contributed by atoms with van der Waals surface area (Å²) in [6.45, 7) is 1.14. The number of carboxylic acid groups (broad SMARTS) is 1. The molecule has 0 spiro atoms. The molecule has 1 unspecified atom stereocenters. The Morgan fingerprint density at radius 2 is 1.95 bits per heavy atom. The van der Waals surface area contributed by atoms with Crippen molar-refractivity contribution in [3.63, 3.8) is 0 Å². The first-order valence-electron chi connectivity index (χ1n) is 6.94. The van der Waals surface area contributed by atoms with E-state index in [1.807, 2.05) is 11.0 Å². The fraction of sp³-hybridized carbons (Fsp3) is 0.375. The lowest BCUT2D eigenvalue weighted by molar-refractivity contribution is -0.136. The summed E-state index contributed by atoms with van der Waals surface area (Å²) < 4.78 is 0. The van der Waals surface area contributed by atoms with Crippen LogP contribution in [0.4, 0.5) is 0 Å². The molecule has 0 fully saturated rings. The summed E-state index contributed by atoms with van der Waals surface area (Å²) in [5.41, 5.74) is 2.32. The van der Waals surface area contributed by atoms with Gasteiger partial charge >= 0.3 is 5.97 Å². The second-order valence-corrected chi connectivity index (χ2v) is 5.46. The third-order valence-electron chi connectivity index (χ3n) is 4.11. The monoisotopic (exact) mass is 271 g/mol. The maximum atomic E-state index is 12.5. The van der Waals surface area contributed by atoms with Gasteiger partial charge in [-0.25, -0.2) is 4.79 Å². The van der Waals surface area contributed by atoms with Gasteiger partial charge in [0.2, 0.25) is 5.91 Å². The van der Waals surface area contributed by atoms with Crippen molar-refractivity contribution in [3.8, 4) is 0 Å². The molecule has 0 saturated carbocycles. The van der Waals surface area contributed by atoms with E-state index in [9.17, 15) is 9.59 Å². The Balaban J connectivity index is 1.74. The summed E-state index contributed by atoms with van der Waals surface area (Å²) in [4.78, 5) is 25.3. The van der Waals surface area contributed by atoms with Gasteiger partial charge in [0.1, 0.15) is 0 Å². The van der Waals surface area contributed by atoms with Gasteiger partial charge in [-0.2, -0.15) is 0 Å². The standard InChI is InChI=1S/C16H17NO3/c18-15(11-4-2-1-3-5-11)17-9-13-7-6-12(16(19)20)8-14(13)10-17/h1-2,6-8,11H,3-5,9-10H2,(H,19,20). The molecule has 1 amide bonds. The summed E-state index contributed by atoms with van der Waals surface area (Å²) in [5.74, 6) is -0.634. The van der Waals surface area contributed by atoms with Crippen LogP contribution < -0.4 is 0 Å². The average molecular weight is 271 g/mol. The second-order valence-electron chi connectivity index (χ2n) is 5.46. The van der Waals surface area contributed by atoms with Crippen LogP contribution in [0.1, 0.15) is 40.7 Å². The highest BCUT2D eigenvalue weighted by molar-refractivity contribution is 5.88. The number of hydrogen-bond acceptors (Lipinski definition) is 2. The zero-order valence-electron chi connectivity index (χ0n) is 11.2. The van der Waals surface area contributed by atoms with Crippen LogP contribution in [0.2, 0.25) is 0 Å². The molecule has 1 aliphatic heterocycles. The van der Waals surface area contributed by atoms with Crippen molar-refractivity contribution in [2.45, 2.75) is 32.4 Å². The molecule has 1 aromatic carbocycles. The lowest BCUT2D eigenvalue weighted by Crippen LogP contribution is -2.32. The third kappa shape index (κ3) is 2.33. The van der Waals surface area contributed by atoms with Crippen LogP contribution in [-0.2, 0) is 17.9 Å². The maximum absolute atomic E-state index is 12.5. The van der Waals surface area contributed by atoms with E-state index in [0.717, 1.165) is 30.4 Å². The minimum absolute atomic E-state index is 0.0910. The molecule has 1 N–H and O–H groups in total. The highest BCUT2D eigenvalue weighted by Gasteiger charge is 2.29. The van der Waals surface area contributed by atoms with E-state index in [2.05, 4.69) is 12.2 Å². The van der Waals surface area contributed by atoms with Crippen molar-refractivity contribution in [1.29, 1.82) is 0 Å². The number of allylic oxidation sites excluding steroid dienone is 2. The Morgan fingerprint density at radius 3 is 2.65 bits per heavy atom. The van der Waals surface area contributed by atoms with Crippen molar-refractivity contribution in [2.75, 3.05) is 0 Å². The van der Waals surface area contributed by atoms with E-state index in [-0.39, 0.29) is 11.8 Å². The molecule has 3 rings (SSSR count). The average Bonchev–Trinajstić information content (AvgIpc) is 2.90. The Hall–Kier alpha value is -2.10. The number of nitrogens with zero attached hydrogens (tertiary/aromatic N) is 1. The largest absolute Gasteiger partial charge is 0.478 e. The summed E-state index contributed by atoms with van der Waals surface area (Å²) in [7, 11) is 0. The minimum Gasteiger partial charge on any atom is -0.478 e. The van der Waals surface area contributed by atoms with Crippen LogP contribution in [0, 0.1) is 5.92 Å². The summed E-state index contributed by atoms with van der Waals surface area (Å²) >= 11 is 0. The number of hydrogen-bond donors (Lipinski definition) is 1. The van der Waals surface area contributed by atoms with E-state index >= 15 is 0 Å². The molecule has 0 radical (unpaired) electrons. The Kier molecular flexibility index (Phi) is 3.30. The lowest BCUT2D eigenvalue weighted by Gasteiger charge is -2.23. The van der Waals surface area contributed by atoms with Gasteiger partial charge < -0.3 is 10.0 Å². The molecular weight excluding hydrogens is 254 g/mol. The summed E-state index contributed by atoms with van der Waals surface area (Å²) in [6.07, 6.45) is 6.93. The lowest BCUT2D eigenvalue weighted by atomic mass is 9.93.